The monoisotopic (exact) mass is 315 g/mol. The number of hydrogen-bond acceptors (Lipinski definition) is 6. The highest BCUT2D eigenvalue weighted by molar-refractivity contribution is 5.80. The molecular formula is C16H21N5O2. The van der Waals surface area contributed by atoms with E-state index >= 15 is 0 Å². The van der Waals surface area contributed by atoms with E-state index in [1.807, 2.05) is 24.3 Å². The number of hydrogen-bond donors (Lipinski definition) is 2. The topological polar surface area (TPSA) is 92.3 Å². The summed E-state index contributed by atoms with van der Waals surface area (Å²) in [5, 5.41) is 10.1. The summed E-state index contributed by atoms with van der Waals surface area (Å²) >= 11 is 0. The number of ether oxygens (including phenoxy) is 1. The van der Waals surface area contributed by atoms with Crippen LogP contribution in [0.1, 0.15) is 37.4 Å². The van der Waals surface area contributed by atoms with Gasteiger partial charge < -0.3 is 4.74 Å². The average Bonchev–Trinajstić information content (AvgIpc) is 2.55. The number of rotatable bonds is 8. The van der Waals surface area contributed by atoms with Gasteiger partial charge in [-0.3, -0.25) is 5.43 Å². The van der Waals surface area contributed by atoms with Crippen LogP contribution in [0.25, 0.3) is 0 Å². The second kappa shape index (κ2) is 8.67. The first-order chi connectivity index (χ1) is 11.2. The van der Waals surface area contributed by atoms with Crippen molar-refractivity contribution < 1.29 is 4.74 Å². The number of nitrogens with one attached hydrogen (secondary N) is 2. The maximum absolute atomic E-state index is 11.1. The summed E-state index contributed by atoms with van der Waals surface area (Å²) in [4.78, 5) is 14.9. The van der Waals surface area contributed by atoms with Gasteiger partial charge in [-0.1, -0.05) is 31.9 Å². The Labute approximate surface area is 134 Å². The molecule has 0 aliphatic heterocycles. The summed E-state index contributed by atoms with van der Waals surface area (Å²) in [5.41, 5.74) is 3.65. The van der Waals surface area contributed by atoms with E-state index < -0.39 is 5.69 Å². The standard InChI is InChI=1S/C16H21N5O2/c1-3-4-5-9-23-14-8-6-7-13(10-14)11-17-20-15-12(2)19-21-16(22)18-15/h6-8,10-11H,3-5,9H2,1-2H3,(H2,18,20,21,22)/b17-11+. The van der Waals surface area contributed by atoms with Crippen molar-refractivity contribution in [1.82, 2.24) is 15.2 Å². The van der Waals surface area contributed by atoms with Crippen molar-refractivity contribution in [3.05, 3.63) is 46.0 Å². The number of aryl methyl sites for hydroxylation is 1. The van der Waals surface area contributed by atoms with E-state index in [0.29, 0.717) is 18.1 Å². The Hall–Kier alpha value is -2.70. The summed E-state index contributed by atoms with van der Waals surface area (Å²) in [6, 6.07) is 7.66. The maximum atomic E-state index is 11.1. The van der Waals surface area contributed by atoms with Crippen molar-refractivity contribution in [2.45, 2.75) is 33.1 Å². The molecule has 7 nitrogen and oxygen atoms in total. The number of benzene rings is 1. The summed E-state index contributed by atoms with van der Waals surface area (Å²) in [6.07, 6.45) is 5.03. The van der Waals surface area contributed by atoms with Gasteiger partial charge in [0.1, 0.15) is 11.4 Å². The third kappa shape index (κ3) is 5.54. The van der Waals surface area contributed by atoms with Gasteiger partial charge in [-0.05, 0) is 31.0 Å². The van der Waals surface area contributed by atoms with Crippen molar-refractivity contribution in [3.8, 4) is 5.75 Å². The first-order valence-electron chi connectivity index (χ1n) is 7.64. The lowest BCUT2D eigenvalue weighted by Crippen LogP contribution is -2.15. The first kappa shape index (κ1) is 16.7. The molecule has 1 aromatic heterocycles. The average molecular weight is 315 g/mol. The Morgan fingerprint density at radius 1 is 1.39 bits per heavy atom. The van der Waals surface area contributed by atoms with Crippen LogP contribution < -0.4 is 15.9 Å². The molecule has 0 unspecified atom stereocenters. The van der Waals surface area contributed by atoms with Crippen LogP contribution in [0.2, 0.25) is 0 Å². The van der Waals surface area contributed by atoms with E-state index in [1.165, 1.54) is 12.8 Å². The Kier molecular flexibility index (Phi) is 6.28. The van der Waals surface area contributed by atoms with Crippen LogP contribution in [-0.2, 0) is 0 Å². The minimum atomic E-state index is -0.518. The van der Waals surface area contributed by atoms with Gasteiger partial charge in [0.25, 0.3) is 0 Å². The van der Waals surface area contributed by atoms with Crippen molar-refractivity contribution in [2.75, 3.05) is 12.0 Å². The highest BCUT2D eigenvalue weighted by Gasteiger charge is 2.00. The molecule has 0 saturated carbocycles. The number of H-pyrrole nitrogens is 1. The maximum Gasteiger partial charge on any atom is 0.363 e. The number of nitrogens with zero attached hydrogens (tertiary/aromatic N) is 3. The van der Waals surface area contributed by atoms with Crippen LogP contribution in [0.15, 0.2) is 34.2 Å². The van der Waals surface area contributed by atoms with E-state index in [0.717, 1.165) is 17.7 Å². The van der Waals surface area contributed by atoms with Gasteiger partial charge >= 0.3 is 5.69 Å². The van der Waals surface area contributed by atoms with Gasteiger partial charge in [0.15, 0.2) is 5.82 Å². The summed E-state index contributed by atoms with van der Waals surface area (Å²) in [7, 11) is 0. The fourth-order valence-electron chi connectivity index (χ4n) is 1.89. The molecule has 7 heteroatoms. The Bertz CT molecular complexity index is 712. The Balaban J connectivity index is 1.94. The lowest BCUT2D eigenvalue weighted by molar-refractivity contribution is 0.306. The second-order valence-corrected chi connectivity index (χ2v) is 5.07. The van der Waals surface area contributed by atoms with Crippen molar-refractivity contribution in [3.63, 3.8) is 0 Å². The number of aromatic amines is 1. The van der Waals surface area contributed by atoms with Gasteiger partial charge in [-0.15, -0.1) is 0 Å². The summed E-state index contributed by atoms with van der Waals surface area (Å²) < 4.78 is 5.70. The molecule has 0 aliphatic carbocycles. The Morgan fingerprint density at radius 3 is 3.09 bits per heavy atom. The van der Waals surface area contributed by atoms with Crippen LogP contribution >= 0.6 is 0 Å². The molecule has 23 heavy (non-hydrogen) atoms. The quantitative estimate of drug-likeness (QED) is 0.443. The van der Waals surface area contributed by atoms with E-state index in [4.69, 9.17) is 4.74 Å². The third-order valence-electron chi connectivity index (χ3n) is 3.13. The summed E-state index contributed by atoms with van der Waals surface area (Å²) in [6.45, 7) is 4.61. The SMILES string of the molecule is CCCCCOc1cccc(/C=N/Nc2nc(=O)[nH]nc2C)c1. The molecule has 0 fully saturated rings. The lowest BCUT2D eigenvalue weighted by atomic mass is 10.2. The van der Waals surface area contributed by atoms with Gasteiger partial charge in [-0.2, -0.15) is 15.2 Å². The molecule has 122 valence electrons. The molecule has 0 bridgehead atoms. The van der Waals surface area contributed by atoms with Gasteiger partial charge in [0, 0.05) is 0 Å². The van der Waals surface area contributed by atoms with Crippen molar-refractivity contribution >= 4 is 12.0 Å². The molecule has 0 aliphatic rings. The van der Waals surface area contributed by atoms with Crippen LogP contribution in [0, 0.1) is 6.92 Å². The fraction of sp³-hybridized carbons (Fsp3) is 0.375. The summed E-state index contributed by atoms with van der Waals surface area (Å²) in [5.74, 6) is 1.15. The number of unbranched alkanes of at least 4 members (excludes halogenated alkanes) is 2. The molecule has 0 amide bonds. The largest absolute Gasteiger partial charge is 0.494 e. The molecule has 1 heterocycles. The predicted octanol–water partition coefficient (Wildman–Crippen LogP) is 2.49. The number of hydrazone groups is 1. The Morgan fingerprint density at radius 2 is 2.26 bits per heavy atom. The van der Waals surface area contributed by atoms with Crippen LogP contribution in [0.3, 0.4) is 0 Å². The number of anilines is 1. The smallest absolute Gasteiger partial charge is 0.363 e. The zero-order valence-electron chi connectivity index (χ0n) is 13.4. The lowest BCUT2D eigenvalue weighted by Gasteiger charge is -2.06. The van der Waals surface area contributed by atoms with Gasteiger partial charge in [0.2, 0.25) is 0 Å². The normalized spacial score (nSPS) is 10.9. The van der Waals surface area contributed by atoms with Crippen molar-refractivity contribution in [2.24, 2.45) is 5.10 Å². The second-order valence-electron chi connectivity index (χ2n) is 5.07. The molecule has 1 aromatic carbocycles. The van der Waals surface area contributed by atoms with E-state index in [2.05, 4.69) is 32.6 Å². The molecule has 2 aromatic rings. The first-order valence-corrected chi connectivity index (χ1v) is 7.64. The zero-order valence-corrected chi connectivity index (χ0v) is 13.4. The van der Waals surface area contributed by atoms with E-state index in [9.17, 15) is 4.79 Å². The highest BCUT2D eigenvalue weighted by atomic mass is 16.5. The fourth-order valence-corrected chi connectivity index (χ4v) is 1.89. The van der Waals surface area contributed by atoms with Crippen molar-refractivity contribution in [1.29, 1.82) is 0 Å². The highest BCUT2D eigenvalue weighted by Crippen LogP contribution is 2.13. The van der Waals surface area contributed by atoms with E-state index in [1.54, 1.807) is 13.1 Å². The molecule has 0 radical (unpaired) electrons. The zero-order chi connectivity index (χ0) is 16.5. The molecule has 0 saturated heterocycles. The molecule has 2 N–H and O–H groups in total. The van der Waals surface area contributed by atoms with Gasteiger partial charge in [-0.25, -0.2) is 9.89 Å². The van der Waals surface area contributed by atoms with Gasteiger partial charge in [0.05, 0.1) is 12.8 Å². The predicted molar refractivity (Wildman–Crippen MR) is 90.1 cm³/mol. The van der Waals surface area contributed by atoms with Crippen LogP contribution in [0.5, 0.6) is 5.75 Å². The minimum Gasteiger partial charge on any atom is -0.494 e. The molecule has 2 rings (SSSR count). The molecular weight excluding hydrogens is 294 g/mol. The third-order valence-corrected chi connectivity index (χ3v) is 3.13. The molecule has 0 spiro atoms. The van der Waals surface area contributed by atoms with Crippen LogP contribution in [-0.4, -0.2) is 28.0 Å². The van der Waals surface area contributed by atoms with E-state index in [-0.39, 0.29) is 0 Å². The van der Waals surface area contributed by atoms with Crippen LogP contribution in [0.4, 0.5) is 5.82 Å². The number of aromatic nitrogens is 3. The minimum absolute atomic E-state index is 0.331. The molecule has 0 atom stereocenters.